The summed E-state index contributed by atoms with van der Waals surface area (Å²) in [5.74, 6) is 1.15. The lowest BCUT2D eigenvalue weighted by molar-refractivity contribution is -0.141. The van der Waals surface area contributed by atoms with Crippen molar-refractivity contribution in [1.82, 2.24) is 24.6 Å². The number of benzene rings is 2. The first-order valence-corrected chi connectivity index (χ1v) is 11.0. The van der Waals surface area contributed by atoms with Gasteiger partial charge < -0.3 is 10.5 Å². The quantitative estimate of drug-likeness (QED) is 0.357. The molecule has 3 aromatic heterocycles. The van der Waals surface area contributed by atoms with Crippen LogP contribution in [0, 0.1) is 6.92 Å². The minimum absolute atomic E-state index is 0.0632. The van der Waals surface area contributed by atoms with Gasteiger partial charge in [-0.2, -0.15) is 17.7 Å². The highest BCUT2D eigenvalue weighted by atomic mass is 19.4. The van der Waals surface area contributed by atoms with Crippen molar-refractivity contribution in [3.8, 4) is 28.1 Å². The van der Waals surface area contributed by atoms with Crippen molar-refractivity contribution in [2.75, 3.05) is 12.8 Å². The molecule has 0 atom stereocenters. The third-order valence-corrected chi connectivity index (χ3v) is 5.68. The fourth-order valence-corrected chi connectivity index (χ4v) is 4.12. The van der Waals surface area contributed by atoms with Gasteiger partial charge in [-0.3, -0.25) is 0 Å². The number of para-hydroxylation sites is 1. The van der Waals surface area contributed by atoms with E-state index >= 15 is 0 Å². The average Bonchev–Trinajstić information content (AvgIpc) is 3.28. The number of methoxy groups -OCH3 is 1. The Labute approximate surface area is 204 Å². The van der Waals surface area contributed by atoms with Crippen LogP contribution in [0.15, 0.2) is 66.7 Å². The number of ether oxygens (including phenoxy) is 1. The van der Waals surface area contributed by atoms with Crippen LogP contribution in [0.3, 0.4) is 0 Å². The van der Waals surface area contributed by atoms with E-state index in [1.807, 2.05) is 54.6 Å². The molecular formula is C26H21F3N6O. The summed E-state index contributed by atoms with van der Waals surface area (Å²) in [6.07, 6.45) is -4.29. The van der Waals surface area contributed by atoms with Crippen molar-refractivity contribution >= 4 is 11.6 Å². The van der Waals surface area contributed by atoms with Crippen molar-refractivity contribution in [1.29, 1.82) is 0 Å². The molecule has 182 valence electrons. The fraction of sp³-hybridized carbons (Fsp3) is 0.154. The first-order chi connectivity index (χ1) is 17.2. The topological polar surface area (TPSA) is 91.2 Å². The second-order valence-corrected chi connectivity index (χ2v) is 8.19. The molecule has 5 aromatic rings. The van der Waals surface area contributed by atoms with E-state index in [4.69, 9.17) is 15.5 Å². The number of hydrogen-bond donors (Lipinski definition) is 1. The fourth-order valence-electron chi connectivity index (χ4n) is 4.12. The molecular weight excluding hydrogens is 469 g/mol. The van der Waals surface area contributed by atoms with Crippen LogP contribution in [0.2, 0.25) is 0 Å². The van der Waals surface area contributed by atoms with Crippen molar-refractivity contribution in [3.05, 3.63) is 89.5 Å². The van der Waals surface area contributed by atoms with Crippen LogP contribution < -0.4 is 10.5 Å². The van der Waals surface area contributed by atoms with Gasteiger partial charge in [0.05, 0.1) is 18.4 Å². The summed E-state index contributed by atoms with van der Waals surface area (Å²) in [5, 5.41) is 4.52. The molecule has 0 fully saturated rings. The summed E-state index contributed by atoms with van der Waals surface area (Å²) >= 11 is 0. The Morgan fingerprint density at radius 1 is 0.917 bits per heavy atom. The standard InChI is InChI=1S/C26H21F3N6O/c1-15-12-18(13-20(31-15)26(27,28)29)22-23(16-8-4-3-5-9-16)33-25(30)35-24(22)32-21(34-35)14-17-10-6-7-11-19(17)36-2/h3-13H,14H2,1-2H3,(H2,30,33). The van der Waals surface area contributed by atoms with Gasteiger partial charge in [0.2, 0.25) is 5.95 Å². The number of halogens is 3. The molecule has 0 bridgehead atoms. The van der Waals surface area contributed by atoms with Gasteiger partial charge in [0.15, 0.2) is 11.5 Å². The normalized spacial score (nSPS) is 11.7. The van der Waals surface area contributed by atoms with Gasteiger partial charge in [-0.1, -0.05) is 48.5 Å². The molecule has 0 aliphatic rings. The van der Waals surface area contributed by atoms with Crippen molar-refractivity contribution < 1.29 is 17.9 Å². The number of alkyl halides is 3. The number of anilines is 1. The van der Waals surface area contributed by atoms with Crippen LogP contribution in [0.25, 0.3) is 28.0 Å². The number of nitrogens with zero attached hydrogens (tertiary/aromatic N) is 5. The SMILES string of the molecule is COc1ccccc1Cc1nc2c(-c3cc(C)nc(C(F)(F)F)c3)c(-c3ccccc3)nc(N)n2n1. The third-order valence-electron chi connectivity index (χ3n) is 5.68. The third kappa shape index (κ3) is 4.33. The van der Waals surface area contributed by atoms with Crippen molar-refractivity contribution in [3.63, 3.8) is 0 Å². The Morgan fingerprint density at radius 2 is 1.64 bits per heavy atom. The molecule has 0 aliphatic heterocycles. The molecule has 3 heterocycles. The first-order valence-electron chi connectivity index (χ1n) is 11.0. The number of pyridine rings is 1. The van der Waals surface area contributed by atoms with Crippen molar-refractivity contribution in [2.24, 2.45) is 0 Å². The summed E-state index contributed by atoms with van der Waals surface area (Å²) < 4.78 is 47.7. The maximum Gasteiger partial charge on any atom is 0.433 e. The summed E-state index contributed by atoms with van der Waals surface area (Å²) in [7, 11) is 1.58. The number of aryl methyl sites for hydroxylation is 1. The number of nitrogens with two attached hydrogens (primary N) is 1. The Kier molecular flexibility index (Phi) is 5.79. The predicted octanol–water partition coefficient (Wildman–Crippen LogP) is 5.36. The number of hydrogen-bond acceptors (Lipinski definition) is 6. The molecule has 7 nitrogen and oxygen atoms in total. The second kappa shape index (κ2) is 8.95. The minimum Gasteiger partial charge on any atom is -0.496 e. The summed E-state index contributed by atoms with van der Waals surface area (Å²) in [4.78, 5) is 12.9. The maximum absolute atomic E-state index is 13.6. The largest absolute Gasteiger partial charge is 0.496 e. The molecule has 2 N–H and O–H groups in total. The zero-order valence-electron chi connectivity index (χ0n) is 19.4. The Balaban J connectivity index is 1.77. The van der Waals surface area contributed by atoms with E-state index in [0.29, 0.717) is 40.5 Å². The van der Waals surface area contributed by atoms with Crippen LogP contribution in [0.4, 0.5) is 19.1 Å². The summed E-state index contributed by atoms with van der Waals surface area (Å²) in [6.45, 7) is 1.51. The summed E-state index contributed by atoms with van der Waals surface area (Å²) in [6, 6.07) is 19.1. The van der Waals surface area contributed by atoms with Gasteiger partial charge in [0, 0.05) is 23.2 Å². The van der Waals surface area contributed by atoms with Crippen molar-refractivity contribution in [2.45, 2.75) is 19.5 Å². The van der Waals surface area contributed by atoms with Gasteiger partial charge in [0.1, 0.15) is 11.4 Å². The second-order valence-electron chi connectivity index (χ2n) is 8.19. The van der Waals surface area contributed by atoms with E-state index in [1.165, 1.54) is 11.4 Å². The lowest BCUT2D eigenvalue weighted by Gasteiger charge is -2.14. The molecule has 0 spiro atoms. The molecule has 10 heteroatoms. The van der Waals surface area contributed by atoms with E-state index in [-0.39, 0.29) is 17.2 Å². The van der Waals surface area contributed by atoms with E-state index in [1.54, 1.807) is 13.2 Å². The van der Waals surface area contributed by atoms with Gasteiger partial charge in [0.25, 0.3) is 0 Å². The van der Waals surface area contributed by atoms with Gasteiger partial charge >= 0.3 is 6.18 Å². The molecule has 0 radical (unpaired) electrons. The number of aromatic nitrogens is 5. The van der Waals surface area contributed by atoms with E-state index in [0.717, 1.165) is 11.6 Å². The van der Waals surface area contributed by atoms with Crippen LogP contribution in [0.1, 0.15) is 22.8 Å². The minimum atomic E-state index is -4.62. The van der Waals surface area contributed by atoms with E-state index in [9.17, 15) is 13.2 Å². The lowest BCUT2D eigenvalue weighted by Crippen LogP contribution is -2.10. The highest BCUT2D eigenvalue weighted by molar-refractivity contribution is 5.90. The van der Waals surface area contributed by atoms with E-state index < -0.39 is 11.9 Å². The van der Waals surface area contributed by atoms with Crippen LogP contribution in [-0.2, 0) is 12.6 Å². The number of nitrogen functional groups attached to an aromatic ring is 1. The van der Waals surface area contributed by atoms with Crippen LogP contribution >= 0.6 is 0 Å². The smallest absolute Gasteiger partial charge is 0.433 e. The molecule has 0 amide bonds. The molecule has 0 saturated heterocycles. The highest BCUT2D eigenvalue weighted by Gasteiger charge is 2.33. The zero-order chi connectivity index (χ0) is 25.4. The summed E-state index contributed by atoms with van der Waals surface area (Å²) in [5.41, 5.74) is 8.35. The monoisotopic (exact) mass is 490 g/mol. The Hall–Kier alpha value is -4.47. The van der Waals surface area contributed by atoms with Gasteiger partial charge in [-0.25, -0.2) is 15.0 Å². The molecule has 36 heavy (non-hydrogen) atoms. The van der Waals surface area contributed by atoms with Gasteiger partial charge in [-0.15, -0.1) is 5.10 Å². The zero-order valence-corrected chi connectivity index (χ0v) is 19.4. The van der Waals surface area contributed by atoms with Crippen LogP contribution in [0.5, 0.6) is 5.75 Å². The van der Waals surface area contributed by atoms with Crippen LogP contribution in [-0.4, -0.2) is 31.7 Å². The molecule has 2 aromatic carbocycles. The number of fused-ring (bicyclic) bond motifs is 1. The molecule has 5 rings (SSSR count). The first kappa shape index (κ1) is 23.3. The lowest BCUT2D eigenvalue weighted by atomic mass is 9.99. The van der Waals surface area contributed by atoms with Gasteiger partial charge in [-0.05, 0) is 30.7 Å². The number of rotatable bonds is 5. The highest BCUT2D eigenvalue weighted by Crippen LogP contribution is 2.38. The molecule has 0 saturated carbocycles. The molecule has 0 aliphatic carbocycles. The Bertz CT molecular complexity index is 1560. The van der Waals surface area contributed by atoms with E-state index in [2.05, 4.69) is 15.1 Å². The molecule has 0 unspecified atom stereocenters. The maximum atomic E-state index is 13.6. The average molecular weight is 490 g/mol. The Morgan fingerprint density at radius 3 is 2.36 bits per heavy atom. The predicted molar refractivity (Wildman–Crippen MR) is 129 cm³/mol.